The smallest absolute Gasteiger partial charge is 0.332 e. The fourth-order valence-electron chi connectivity index (χ4n) is 1.44. The van der Waals surface area contributed by atoms with E-state index in [0.29, 0.717) is 0 Å². The zero-order valence-electron chi connectivity index (χ0n) is 9.13. The molecule has 0 radical (unpaired) electrons. The predicted molar refractivity (Wildman–Crippen MR) is 52.0 cm³/mol. The van der Waals surface area contributed by atoms with Crippen LogP contribution in [0.5, 0.6) is 0 Å². The summed E-state index contributed by atoms with van der Waals surface area (Å²) in [6.07, 6.45) is -8.44. The minimum absolute atomic E-state index is 0.591. The van der Waals surface area contributed by atoms with Gasteiger partial charge in [0.1, 0.15) is 24.4 Å². The number of carboxylic acid groups (broad SMARTS) is 1. The molecule has 1 rings (SSSR count). The van der Waals surface area contributed by atoms with E-state index in [-0.39, 0.29) is 0 Å². The maximum absolute atomic E-state index is 10.6. The molecule has 0 bridgehead atoms. The maximum Gasteiger partial charge on any atom is 0.332 e. The van der Waals surface area contributed by atoms with Crippen molar-refractivity contribution in [1.29, 1.82) is 0 Å². The quantitative estimate of drug-likeness (QED) is 0.364. The summed E-state index contributed by atoms with van der Waals surface area (Å²) in [6.45, 7) is 0.635. The average molecular weight is 252 g/mol. The van der Waals surface area contributed by atoms with Gasteiger partial charge in [-0.2, -0.15) is 0 Å². The molecule has 8 heteroatoms. The molecule has 1 aliphatic rings. The average Bonchev–Trinajstić information content (AvgIpc) is 2.29. The number of hydrogen-bond donors (Lipinski definition) is 5. The normalized spacial score (nSPS) is 39.9. The molecule has 17 heavy (non-hydrogen) atoms. The molecule has 1 fully saturated rings. The lowest BCUT2D eigenvalue weighted by atomic mass is 9.99. The molecule has 2 unspecified atom stereocenters. The summed E-state index contributed by atoms with van der Waals surface area (Å²) in [5.41, 5.74) is 0. The number of hydrogen-bond acceptors (Lipinski definition) is 7. The van der Waals surface area contributed by atoms with E-state index >= 15 is 0 Å². The number of rotatable bonds is 4. The fourth-order valence-corrected chi connectivity index (χ4v) is 1.44. The second kappa shape index (κ2) is 5.71. The van der Waals surface area contributed by atoms with E-state index in [9.17, 15) is 20.1 Å². The van der Waals surface area contributed by atoms with Crippen LogP contribution in [-0.4, -0.2) is 74.9 Å². The van der Waals surface area contributed by atoms with E-state index in [1.54, 1.807) is 0 Å². The van der Waals surface area contributed by atoms with Gasteiger partial charge in [-0.3, -0.25) is 0 Å². The second-order valence-corrected chi connectivity index (χ2v) is 3.81. The number of carboxylic acids is 1. The fraction of sp³-hybridized carbons (Fsp3) is 0.889. The van der Waals surface area contributed by atoms with Gasteiger partial charge in [-0.1, -0.05) is 0 Å². The Kier molecular flexibility index (Phi) is 4.80. The largest absolute Gasteiger partial charge is 0.479 e. The molecule has 1 saturated heterocycles. The molecule has 0 amide bonds. The monoisotopic (exact) mass is 252 g/mol. The second-order valence-electron chi connectivity index (χ2n) is 3.81. The molecule has 6 atom stereocenters. The van der Waals surface area contributed by atoms with Gasteiger partial charge in [0.05, 0.1) is 6.61 Å². The molecule has 5 N–H and O–H groups in total. The molecule has 0 aliphatic carbocycles. The molecule has 8 nitrogen and oxygen atoms in total. The third-order valence-corrected chi connectivity index (χ3v) is 2.53. The van der Waals surface area contributed by atoms with E-state index < -0.39 is 49.4 Å². The Hall–Kier alpha value is -0.770. The number of aliphatic carboxylic acids is 1. The minimum atomic E-state index is -1.59. The van der Waals surface area contributed by atoms with Crippen LogP contribution in [0, 0.1) is 0 Å². The van der Waals surface area contributed by atoms with Crippen LogP contribution < -0.4 is 0 Å². The Balaban J connectivity index is 2.68. The van der Waals surface area contributed by atoms with Crippen LogP contribution in [0.15, 0.2) is 0 Å². The zero-order valence-corrected chi connectivity index (χ0v) is 9.13. The molecular weight excluding hydrogens is 236 g/mol. The number of aliphatic hydroxyl groups excluding tert-OH is 4. The lowest BCUT2D eigenvalue weighted by Crippen LogP contribution is -2.59. The molecule has 0 aromatic heterocycles. The first-order valence-electron chi connectivity index (χ1n) is 5.07. The molecule has 1 heterocycles. The molecular formula is C9H16O8. The van der Waals surface area contributed by atoms with Gasteiger partial charge in [0.25, 0.3) is 0 Å². The van der Waals surface area contributed by atoms with Gasteiger partial charge in [-0.25, -0.2) is 4.79 Å². The van der Waals surface area contributed by atoms with Gasteiger partial charge >= 0.3 is 5.97 Å². The van der Waals surface area contributed by atoms with E-state index in [1.165, 1.54) is 6.92 Å². The summed E-state index contributed by atoms with van der Waals surface area (Å²) in [6, 6.07) is 0. The highest BCUT2D eigenvalue weighted by atomic mass is 16.7. The van der Waals surface area contributed by atoms with Crippen LogP contribution in [0.25, 0.3) is 0 Å². The number of aliphatic hydroxyl groups is 4. The number of carbonyl (C=O) groups is 1. The summed E-state index contributed by atoms with van der Waals surface area (Å²) >= 11 is 0. The SMILES string of the molecule is C[C@H](O[C@@H]1OC(CO)[C@@H](O)[C@H](O)C1O)C(=O)O. The van der Waals surface area contributed by atoms with Crippen molar-refractivity contribution in [3.05, 3.63) is 0 Å². The van der Waals surface area contributed by atoms with E-state index in [0.717, 1.165) is 0 Å². The van der Waals surface area contributed by atoms with Crippen molar-refractivity contribution in [2.75, 3.05) is 6.61 Å². The first-order valence-corrected chi connectivity index (χ1v) is 5.07. The van der Waals surface area contributed by atoms with Gasteiger partial charge < -0.3 is 35.0 Å². The summed E-state index contributed by atoms with van der Waals surface area (Å²) < 4.78 is 9.82. The van der Waals surface area contributed by atoms with Crippen molar-refractivity contribution in [2.45, 2.75) is 43.7 Å². The topological polar surface area (TPSA) is 137 Å². The van der Waals surface area contributed by atoms with E-state index in [4.69, 9.17) is 19.7 Å². The van der Waals surface area contributed by atoms with Gasteiger partial charge in [0.2, 0.25) is 0 Å². The van der Waals surface area contributed by atoms with Crippen molar-refractivity contribution in [1.82, 2.24) is 0 Å². The summed E-state index contributed by atoms with van der Waals surface area (Å²) in [5.74, 6) is -1.26. The molecule has 0 saturated carbocycles. The third kappa shape index (κ3) is 3.12. The van der Waals surface area contributed by atoms with Crippen LogP contribution >= 0.6 is 0 Å². The Labute approximate surface area is 97.0 Å². The summed E-state index contributed by atoms with van der Waals surface area (Å²) in [5, 5.41) is 45.9. The number of ether oxygens (including phenoxy) is 2. The minimum Gasteiger partial charge on any atom is -0.479 e. The summed E-state index contributed by atoms with van der Waals surface area (Å²) in [7, 11) is 0. The van der Waals surface area contributed by atoms with Gasteiger partial charge in [-0.15, -0.1) is 0 Å². The molecule has 0 spiro atoms. The highest BCUT2D eigenvalue weighted by Crippen LogP contribution is 2.22. The van der Waals surface area contributed by atoms with Crippen LogP contribution in [-0.2, 0) is 14.3 Å². The molecule has 0 aromatic rings. The van der Waals surface area contributed by atoms with Crippen LogP contribution in [0.2, 0.25) is 0 Å². The van der Waals surface area contributed by atoms with Crippen molar-refractivity contribution < 1.29 is 39.8 Å². The molecule has 100 valence electrons. The Morgan fingerprint density at radius 3 is 2.35 bits per heavy atom. The van der Waals surface area contributed by atoms with Gasteiger partial charge in [-0.05, 0) is 6.92 Å². The van der Waals surface area contributed by atoms with Crippen molar-refractivity contribution in [3.63, 3.8) is 0 Å². The van der Waals surface area contributed by atoms with Gasteiger partial charge in [0, 0.05) is 0 Å². The molecule has 0 aromatic carbocycles. The Bertz CT molecular complexity index is 268. The lowest BCUT2D eigenvalue weighted by Gasteiger charge is -2.40. The third-order valence-electron chi connectivity index (χ3n) is 2.53. The lowest BCUT2D eigenvalue weighted by molar-refractivity contribution is -0.308. The van der Waals surface area contributed by atoms with E-state index in [2.05, 4.69) is 0 Å². The van der Waals surface area contributed by atoms with E-state index in [1.807, 2.05) is 0 Å². The first kappa shape index (κ1) is 14.3. The van der Waals surface area contributed by atoms with Gasteiger partial charge in [0.15, 0.2) is 12.4 Å². The van der Waals surface area contributed by atoms with Crippen LogP contribution in [0.4, 0.5) is 0 Å². The van der Waals surface area contributed by atoms with Crippen molar-refractivity contribution in [2.24, 2.45) is 0 Å². The Morgan fingerprint density at radius 1 is 1.29 bits per heavy atom. The Morgan fingerprint density at radius 2 is 1.88 bits per heavy atom. The van der Waals surface area contributed by atoms with Crippen LogP contribution in [0.1, 0.15) is 6.92 Å². The standard InChI is InChI=1S/C9H16O8/c1-3(8(14)15)16-9-7(13)6(12)5(11)4(2-10)17-9/h3-7,9-13H,2H2,1H3,(H,14,15)/t3-,4?,5+,6-,7?,9+/m0/s1. The van der Waals surface area contributed by atoms with Crippen molar-refractivity contribution >= 4 is 5.97 Å². The van der Waals surface area contributed by atoms with Crippen LogP contribution in [0.3, 0.4) is 0 Å². The molecule has 1 aliphatic heterocycles. The van der Waals surface area contributed by atoms with Crippen molar-refractivity contribution in [3.8, 4) is 0 Å². The zero-order chi connectivity index (χ0) is 13.2. The maximum atomic E-state index is 10.6. The summed E-state index contributed by atoms with van der Waals surface area (Å²) in [4.78, 5) is 10.6. The first-order chi connectivity index (χ1) is 7.88. The highest BCUT2D eigenvalue weighted by Gasteiger charge is 2.44. The predicted octanol–water partition coefficient (Wildman–Crippen LogP) is -2.72. The highest BCUT2D eigenvalue weighted by molar-refractivity contribution is 5.71.